The number of aliphatic hydroxyl groups excluding tert-OH is 1. The summed E-state index contributed by atoms with van der Waals surface area (Å²) in [6.45, 7) is 4.19. The van der Waals surface area contributed by atoms with E-state index in [4.69, 9.17) is 4.74 Å². The fraction of sp³-hybridized carbons (Fsp3) is 0.450. The first kappa shape index (κ1) is 20.4. The van der Waals surface area contributed by atoms with Crippen molar-refractivity contribution in [3.63, 3.8) is 0 Å². The number of carbonyl (C=O) groups is 1. The number of aliphatic hydroxyl groups is 1. The van der Waals surface area contributed by atoms with Gasteiger partial charge in [0.25, 0.3) is 0 Å². The average molecular weight is 437 g/mol. The molecule has 1 saturated heterocycles. The zero-order valence-corrected chi connectivity index (χ0v) is 17.6. The fourth-order valence-electron chi connectivity index (χ4n) is 4.02. The van der Waals surface area contributed by atoms with Crippen LogP contribution in [0.3, 0.4) is 0 Å². The van der Waals surface area contributed by atoms with Crippen LogP contribution in [0.2, 0.25) is 0 Å². The van der Waals surface area contributed by atoms with Gasteiger partial charge in [-0.15, -0.1) is 5.10 Å². The summed E-state index contributed by atoms with van der Waals surface area (Å²) in [4.78, 5) is 22.6. The van der Waals surface area contributed by atoms with Gasteiger partial charge in [0.1, 0.15) is 19.3 Å². The number of tetrazole rings is 1. The maximum atomic E-state index is 11.6. The SMILES string of the molecule is CC1=C(n2cnc(C3CCN(C[C@H](O)c4ccc(-n5cnnn5)nc4)CC3)n2)COC1=O. The molecule has 32 heavy (non-hydrogen) atoms. The minimum Gasteiger partial charge on any atom is -0.456 e. The molecule has 1 atom stereocenters. The Bertz CT molecular complexity index is 1120. The number of nitrogens with zero attached hydrogens (tertiary/aromatic N) is 9. The van der Waals surface area contributed by atoms with Crippen molar-refractivity contribution >= 4 is 11.7 Å². The molecule has 0 saturated carbocycles. The van der Waals surface area contributed by atoms with Crippen molar-refractivity contribution in [2.75, 3.05) is 26.2 Å². The molecule has 12 nitrogen and oxygen atoms in total. The first-order valence-corrected chi connectivity index (χ1v) is 10.5. The van der Waals surface area contributed by atoms with E-state index in [1.54, 1.807) is 30.2 Å². The van der Waals surface area contributed by atoms with Crippen molar-refractivity contribution in [2.24, 2.45) is 0 Å². The number of cyclic esters (lactones) is 1. The van der Waals surface area contributed by atoms with Gasteiger partial charge in [0.05, 0.1) is 17.4 Å². The van der Waals surface area contributed by atoms with Crippen molar-refractivity contribution in [1.29, 1.82) is 0 Å². The minimum atomic E-state index is -0.630. The highest BCUT2D eigenvalue weighted by Gasteiger charge is 2.27. The minimum absolute atomic E-state index is 0.232. The number of piperidine rings is 1. The van der Waals surface area contributed by atoms with E-state index in [1.165, 1.54) is 11.0 Å². The van der Waals surface area contributed by atoms with Crippen LogP contribution in [0.25, 0.3) is 11.5 Å². The zero-order valence-electron chi connectivity index (χ0n) is 17.6. The Labute approximate surface area is 183 Å². The van der Waals surface area contributed by atoms with Gasteiger partial charge in [-0.1, -0.05) is 6.07 Å². The highest BCUT2D eigenvalue weighted by atomic mass is 16.5. The van der Waals surface area contributed by atoms with Gasteiger partial charge in [-0.2, -0.15) is 9.78 Å². The maximum Gasteiger partial charge on any atom is 0.336 e. The van der Waals surface area contributed by atoms with E-state index in [9.17, 15) is 9.90 Å². The number of hydrogen-bond donors (Lipinski definition) is 1. The number of rotatable bonds is 6. The second-order valence-electron chi connectivity index (χ2n) is 7.99. The molecule has 0 radical (unpaired) electrons. The van der Waals surface area contributed by atoms with Crippen LogP contribution < -0.4 is 0 Å². The molecule has 3 aromatic heterocycles. The van der Waals surface area contributed by atoms with Gasteiger partial charge in [0.2, 0.25) is 0 Å². The molecule has 1 fully saturated rings. The molecule has 0 unspecified atom stereocenters. The molecule has 0 bridgehead atoms. The highest BCUT2D eigenvalue weighted by molar-refractivity contribution is 5.97. The standard InChI is InChI=1S/C20H23N9O3/c1-13-16(10-32-20(13)31)28-11-22-19(24-28)14-4-6-27(7-5-14)9-17(30)15-2-3-18(21-8-15)29-12-23-25-26-29/h2-3,8,11-12,14,17,30H,4-7,9-10H2,1H3/t17-/m0/s1. The third-order valence-electron chi connectivity index (χ3n) is 5.99. The summed E-state index contributed by atoms with van der Waals surface area (Å²) in [6, 6.07) is 3.62. The summed E-state index contributed by atoms with van der Waals surface area (Å²) >= 11 is 0. The summed E-state index contributed by atoms with van der Waals surface area (Å²) in [6.07, 6.45) is 5.95. The van der Waals surface area contributed by atoms with Gasteiger partial charge in [0, 0.05) is 24.2 Å². The molecule has 5 rings (SSSR count). The number of ether oxygens (including phenoxy) is 1. The second-order valence-corrected chi connectivity index (χ2v) is 7.99. The van der Waals surface area contributed by atoms with E-state index in [0.717, 1.165) is 43.0 Å². The summed E-state index contributed by atoms with van der Waals surface area (Å²) < 4.78 is 8.17. The lowest BCUT2D eigenvalue weighted by Crippen LogP contribution is -2.36. The second kappa shape index (κ2) is 8.55. The third kappa shape index (κ3) is 4.01. The van der Waals surface area contributed by atoms with Crippen molar-refractivity contribution in [3.8, 4) is 5.82 Å². The average Bonchev–Trinajstić information content (AvgIpc) is 3.57. The number of carbonyl (C=O) groups excluding carboxylic acids is 1. The lowest BCUT2D eigenvalue weighted by molar-refractivity contribution is -0.135. The van der Waals surface area contributed by atoms with E-state index in [0.29, 0.717) is 17.9 Å². The molecule has 0 amide bonds. The van der Waals surface area contributed by atoms with Crippen molar-refractivity contribution in [3.05, 3.63) is 47.9 Å². The molecule has 12 heteroatoms. The van der Waals surface area contributed by atoms with E-state index in [2.05, 4.69) is 35.5 Å². The topological polar surface area (TPSA) is 137 Å². The number of hydrogen-bond acceptors (Lipinski definition) is 10. The van der Waals surface area contributed by atoms with E-state index in [-0.39, 0.29) is 18.5 Å². The first-order valence-electron chi connectivity index (χ1n) is 10.5. The number of likely N-dealkylation sites (tertiary alicyclic amines) is 1. The molecule has 0 spiro atoms. The number of β-amino-alcohol motifs (C(OH)–C–C–N with tert-alkyl or cyclic N) is 1. The van der Waals surface area contributed by atoms with Crippen LogP contribution in [0.15, 0.2) is 36.6 Å². The quantitative estimate of drug-likeness (QED) is 0.538. The number of pyridine rings is 1. The third-order valence-corrected chi connectivity index (χ3v) is 5.99. The normalized spacial score (nSPS) is 18.9. The van der Waals surface area contributed by atoms with Crippen LogP contribution in [-0.2, 0) is 9.53 Å². The summed E-state index contributed by atoms with van der Waals surface area (Å²) in [5, 5.41) is 26.2. The van der Waals surface area contributed by atoms with E-state index < -0.39 is 6.10 Å². The Morgan fingerprint density at radius 3 is 2.69 bits per heavy atom. The molecule has 1 N–H and O–H groups in total. The molecular weight excluding hydrogens is 414 g/mol. The maximum absolute atomic E-state index is 11.6. The monoisotopic (exact) mass is 437 g/mol. The zero-order chi connectivity index (χ0) is 22.1. The largest absolute Gasteiger partial charge is 0.456 e. The highest BCUT2D eigenvalue weighted by Crippen LogP contribution is 2.28. The van der Waals surface area contributed by atoms with Gasteiger partial charge in [-0.25, -0.2) is 19.4 Å². The van der Waals surface area contributed by atoms with E-state index in [1.807, 2.05) is 6.07 Å². The molecule has 2 aliphatic heterocycles. The Balaban J connectivity index is 1.15. The molecule has 5 heterocycles. The van der Waals surface area contributed by atoms with Crippen LogP contribution in [0.5, 0.6) is 0 Å². The lowest BCUT2D eigenvalue weighted by Gasteiger charge is -2.32. The predicted molar refractivity (Wildman–Crippen MR) is 110 cm³/mol. The molecule has 0 aromatic carbocycles. The summed E-state index contributed by atoms with van der Waals surface area (Å²) in [5.74, 6) is 1.33. The Morgan fingerprint density at radius 2 is 2.03 bits per heavy atom. The molecule has 0 aliphatic carbocycles. The van der Waals surface area contributed by atoms with Gasteiger partial charge < -0.3 is 14.7 Å². The van der Waals surface area contributed by atoms with Gasteiger partial charge >= 0.3 is 5.97 Å². The molecule has 3 aromatic rings. The van der Waals surface area contributed by atoms with Crippen LogP contribution in [0.1, 0.15) is 43.2 Å². The molecule has 166 valence electrons. The van der Waals surface area contributed by atoms with Crippen LogP contribution in [-0.4, -0.2) is 82.2 Å². The Kier molecular flexibility index (Phi) is 5.45. The van der Waals surface area contributed by atoms with Crippen molar-refractivity contribution < 1.29 is 14.6 Å². The Morgan fingerprint density at radius 1 is 1.19 bits per heavy atom. The first-order chi connectivity index (χ1) is 15.6. The summed E-state index contributed by atoms with van der Waals surface area (Å²) in [5.41, 5.74) is 2.07. The smallest absolute Gasteiger partial charge is 0.336 e. The molecular formula is C20H23N9O3. The summed E-state index contributed by atoms with van der Waals surface area (Å²) in [7, 11) is 0. The van der Waals surface area contributed by atoms with Gasteiger partial charge in [-0.05, 0) is 49.3 Å². The lowest BCUT2D eigenvalue weighted by atomic mass is 9.95. The fourth-order valence-corrected chi connectivity index (χ4v) is 4.02. The van der Waals surface area contributed by atoms with Crippen LogP contribution >= 0.6 is 0 Å². The van der Waals surface area contributed by atoms with Crippen molar-refractivity contribution in [1.82, 2.24) is 44.9 Å². The molecule has 2 aliphatic rings. The predicted octanol–water partition coefficient (Wildman–Crippen LogP) is 0.350. The van der Waals surface area contributed by atoms with E-state index >= 15 is 0 Å². The van der Waals surface area contributed by atoms with Crippen molar-refractivity contribution in [2.45, 2.75) is 31.8 Å². The van der Waals surface area contributed by atoms with Crippen LogP contribution in [0.4, 0.5) is 0 Å². The number of aromatic nitrogens is 8. The van der Waals surface area contributed by atoms with Crippen LogP contribution in [0, 0.1) is 0 Å². The van der Waals surface area contributed by atoms with Gasteiger partial charge in [-0.3, -0.25) is 0 Å². The number of esters is 1. The Hall–Kier alpha value is -3.51. The van der Waals surface area contributed by atoms with Gasteiger partial charge in [0.15, 0.2) is 11.6 Å².